The molecule has 21 heavy (non-hydrogen) atoms. The highest BCUT2D eigenvalue weighted by Gasteiger charge is 2.25. The molecule has 2 aromatic heterocycles. The molecule has 0 radical (unpaired) electrons. The van der Waals surface area contributed by atoms with Crippen LogP contribution >= 0.6 is 0 Å². The number of nitrogens with zero attached hydrogens (tertiary/aromatic N) is 5. The second-order valence-electron chi connectivity index (χ2n) is 4.87. The van der Waals surface area contributed by atoms with E-state index in [4.69, 9.17) is 0 Å². The lowest BCUT2D eigenvalue weighted by atomic mass is 10.3. The summed E-state index contributed by atoms with van der Waals surface area (Å²) in [7, 11) is 1.51. The van der Waals surface area contributed by atoms with E-state index in [0.29, 0.717) is 26.2 Å². The van der Waals surface area contributed by atoms with Crippen LogP contribution in [0.1, 0.15) is 10.6 Å². The van der Waals surface area contributed by atoms with E-state index in [-0.39, 0.29) is 17.4 Å². The molecule has 3 rings (SSSR count). The molecule has 1 aliphatic rings. The highest BCUT2D eigenvalue weighted by atomic mass is 16.2. The minimum Gasteiger partial charge on any atom is -0.353 e. The topological polar surface area (TPSA) is 87.1 Å². The molecule has 1 fully saturated rings. The molecule has 1 aliphatic heterocycles. The van der Waals surface area contributed by atoms with Gasteiger partial charge in [0, 0.05) is 39.4 Å². The van der Waals surface area contributed by atoms with E-state index in [1.165, 1.54) is 7.05 Å². The zero-order valence-corrected chi connectivity index (χ0v) is 11.7. The molecule has 8 heteroatoms. The summed E-state index contributed by atoms with van der Waals surface area (Å²) in [5, 5.41) is 3.89. The van der Waals surface area contributed by atoms with Crippen LogP contribution in [-0.2, 0) is 7.05 Å². The molecule has 1 amide bonds. The Morgan fingerprint density at radius 1 is 1.24 bits per heavy atom. The predicted octanol–water partition coefficient (Wildman–Crippen LogP) is -0.534. The van der Waals surface area contributed by atoms with Gasteiger partial charge in [-0.15, -0.1) is 5.10 Å². The molecule has 2 aromatic rings. The summed E-state index contributed by atoms with van der Waals surface area (Å²) < 4.78 is 1.12. The Balaban J connectivity index is 1.66. The van der Waals surface area contributed by atoms with Crippen molar-refractivity contribution in [2.24, 2.45) is 7.05 Å². The van der Waals surface area contributed by atoms with Gasteiger partial charge >= 0.3 is 5.69 Å². The van der Waals surface area contributed by atoms with E-state index in [9.17, 15) is 9.59 Å². The number of piperazine rings is 1. The van der Waals surface area contributed by atoms with Crippen molar-refractivity contribution in [3.63, 3.8) is 0 Å². The Bertz CT molecular complexity index is 684. The Kier molecular flexibility index (Phi) is 3.43. The third kappa shape index (κ3) is 2.64. The molecule has 0 unspecified atom stereocenters. The average Bonchev–Trinajstić information content (AvgIpc) is 2.87. The first kappa shape index (κ1) is 13.3. The third-order valence-electron chi connectivity index (χ3n) is 3.51. The highest BCUT2D eigenvalue weighted by molar-refractivity contribution is 5.90. The zero-order chi connectivity index (χ0) is 14.8. The van der Waals surface area contributed by atoms with E-state index in [1.807, 2.05) is 18.2 Å². The highest BCUT2D eigenvalue weighted by Crippen LogP contribution is 2.13. The van der Waals surface area contributed by atoms with Gasteiger partial charge in [0.05, 0.1) is 0 Å². The number of carbonyl (C=O) groups excluding carboxylic acids is 1. The number of nitrogens with one attached hydrogen (secondary N) is 1. The van der Waals surface area contributed by atoms with Crippen molar-refractivity contribution in [3.8, 4) is 0 Å². The van der Waals surface area contributed by atoms with Crippen LogP contribution in [-0.4, -0.2) is 56.7 Å². The van der Waals surface area contributed by atoms with E-state index in [2.05, 4.69) is 20.0 Å². The molecule has 0 saturated carbocycles. The zero-order valence-electron chi connectivity index (χ0n) is 11.7. The average molecular weight is 288 g/mol. The van der Waals surface area contributed by atoms with E-state index >= 15 is 0 Å². The quantitative estimate of drug-likeness (QED) is 0.802. The Morgan fingerprint density at radius 2 is 2.00 bits per heavy atom. The number of hydrogen-bond donors (Lipinski definition) is 1. The van der Waals surface area contributed by atoms with E-state index in [1.54, 1.807) is 11.1 Å². The number of H-pyrrole nitrogens is 1. The molecule has 0 bridgehead atoms. The Morgan fingerprint density at radius 3 is 2.57 bits per heavy atom. The van der Waals surface area contributed by atoms with Crippen LogP contribution in [0.2, 0.25) is 0 Å². The normalized spacial score (nSPS) is 15.3. The summed E-state index contributed by atoms with van der Waals surface area (Å²) in [5.74, 6) is 0.762. The van der Waals surface area contributed by atoms with Crippen molar-refractivity contribution in [3.05, 3.63) is 40.7 Å². The first-order valence-corrected chi connectivity index (χ1v) is 6.74. The number of carbonyl (C=O) groups is 1. The molecule has 0 atom stereocenters. The Hall–Kier alpha value is -2.64. The van der Waals surface area contributed by atoms with Gasteiger partial charge in [-0.3, -0.25) is 9.78 Å². The fourth-order valence-corrected chi connectivity index (χ4v) is 2.33. The van der Waals surface area contributed by atoms with Crippen LogP contribution < -0.4 is 10.6 Å². The van der Waals surface area contributed by atoms with Crippen molar-refractivity contribution in [2.45, 2.75) is 0 Å². The van der Waals surface area contributed by atoms with Gasteiger partial charge < -0.3 is 9.80 Å². The molecular formula is C13H16N6O2. The van der Waals surface area contributed by atoms with Crippen LogP contribution in [0, 0.1) is 0 Å². The van der Waals surface area contributed by atoms with Crippen LogP contribution in [0.4, 0.5) is 5.82 Å². The van der Waals surface area contributed by atoms with Gasteiger partial charge in [0.25, 0.3) is 5.91 Å². The molecule has 110 valence electrons. The van der Waals surface area contributed by atoms with Crippen LogP contribution in [0.25, 0.3) is 0 Å². The second-order valence-corrected chi connectivity index (χ2v) is 4.87. The monoisotopic (exact) mass is 288 g/mol. The lowest BCUT2D eigenvalue weighted by molar-refractivity contribution is 0.0734. The van der Waals surface area contributed by atoms with E-state index in [0.717, 1.165) is 10.5 Å². The minimum atomic E-state index is -0.384. The van der Waals surface area contributed by atoms with Gasteiger partial charge in [-0.1, -0.05) is 6.07 Å². The van der Waals surface area contributed by atoms with Gasteiger partial charge in [-0.05, 0) is 12.1 Å². The fourth-order valence-electron chi connectivity index (χ4n) is 2.33. The SMILES string of the molecule is Cn1nc(C(=O)N2CCN(c3ccccn3)CC2)[nH]c1=O. The Labute approximate surface area is 121 Å². The minimum absolute atomic E-state index is 0.0915. The van der Waals surface area contributed by atoms with Gasteiger partial charge in [0.1, 0.15) is 5.82 Å². The molecule has 0 aliphatic carbocycles. The van der Waals surface area contributed by atoms with Crippen molar-refractivity contribution in [1.82, 2.24) is 24.6 Å². The summed E-state index contributed by atoms with van der Waals surface area (Å²) in [5.41, 5.74) is -0.384. The maximum Gasteiger partial charge on any atom is 0.343 e. The largest absolute Gasteiger partial charge is 0.353 e. The van der Waals surface area contributed by atoms with Crippen LogP contribution in [0.5, 0.6) is 0 Å². The van der Waals surface area contributed by atoms with Crippen molar-refractivity contribution >= 4 is 11.7 Å². The van der Waals surface area contributed by atoms with Gasteiger partial charge in [0.15, 0.2) is 0 Å². The number of pyridine rings is 1. The maximum atomic E-state index is 12.3. The summed E-state index contributed by atoms with van der Waals surface area (Å²) >= 11 is 0. The molecule has 8 nitrogen and oxygen atoms in total. The third-order valence-corrected chi connectivity index (χ3v) is 3.51. The standard InChI is InChI=1S/C13H16N6O2/c1-17-13(21)15-11(16-17)12(20)19-8-6-18(7-9-19)10-4-2-3-5-14-10/h2-5H,6-9H2,1H3,(H,15,16,21). The molecule has 3 heterocycles. The second kappa shape index (κ2) is 5.39. The van der Waals surface area contributed by atoms with Crippen LogP contribution in [0.3, 0.4) is 0 Å². The summed E-state index contributed by atoms with van der Waals surface area (Å²) in [6.45, 7) is 2.57. The van der Waals surface area contributed by atoms with Gasteiger partial charge in [0.2, 0.25) is 5.82 Å². The molecule has 1 N–H and O–H groups in total. The van der Waals surface area contributed by atoms with Crippen molar-refractivity contribution in [2.75, 3.05) is 31.1 Å². The number of hydrogen-bond acceptors (Lipinski definition) is 5. The summed E-state index contributed by atoms with van der Waals surface area (Å²) in [6.07, 6.45) is 1.76. The predicted molar refractivity (Wildman–Crippen MR) is 76.2 cm³/mol. The number of anilines is 1. The summed E-state index contributed by atoms with van der Waals surface area (Å²) in [4.78, 5) is 34.2. The van der Waals surface area contributed by atoms with E-state index < -0.39 is 0 Å². The molecule has 0 aromatic carbocycles. The number of aromatic amines is 1. The van der Waals surface area contributed by atoms with Gasteiger partial charge in [-0.25, -0.2) is 14.5 Å². The first-order chi connectivity index (χ1) is 10.1. The molecular weight excluding hydrogens is 272 g/mol. The maximum absolute atomic E-state index is 12.3. The number of aryl methyl sites for hydroxylation is 1. The van der Waals surface area contributed by atoms with Crippen molar-refractivity contribution in [1.29, 1.82) is 0 Å². The van der Waals surface area contributed by atoms with Gasteiger partial charge in [-0.2, -0.15) is 0 Å². The lowest BCUT2D eigenvalue weighted by Crippen LogP contribution is -2.49. The molecule has 0 spiro atoms. The summed E-state index contributed by atoms with van der Waals surface area (Å²) in [6, 6.07) is 5.77. The first-order valence-electron chi connectivity index (χ1n) is 6.74. The smallest absolute Gasteiger partial charge is 0.343 e. The lowest BCUT2D eigenvalue weighted by Gasteiger charge is -2.34. The number of aromatic nitrogens is 4. The molecule has 1 saturated heterocycles. The fraction of sp³-hybridized carbons (Fsp3) is 0.385. The van der Waals surface area contributed by atoms with Crippen LogP contribution in [0.15, 0.2) is 29.2 Å². The number of amides is 1. The number of rotatable bonds is 2. The van der Waals surface area contributed by atoms with Crippen molar-refractivity contribution < 1.29 is 4.79 Å².